The summed E-state index contributed by atoms with van der Waals surface area (Å²) < 4.78 is 6.05. The number of carbonyl (C=O) groups is 1. The number of ketones is 1. The number of nitrogens with zero attached hydrogens (tertiary/aromatic N) is 1. The largest absolute Gasteiger partial charge is 0.368 e. The van der Waals surface area contributed by atoms with Crippen molar-refractivity contribution in [3.63, 3.8) is 0 Å². The van der Waals surface area contributed by atoms with E-state index in [1.54, 1.807) is 0 Å². The van der Waals surface area contributed by atoms with E-state index >= 15 is 0 Å². The van der Waals surface area contributed by atoms with Crippen molar-refractivity contribution in [2.45, 2.75) is 285 Å². The van der Waals surface area contributed by atoms with E-state index in [2.05, 4.69) is 39.5 Å². The molecular weight excluding hydrogens is 675 g/mol. The van der Waals surface area contributed by atoms with E-state index in [0.29, 0.717) is 24.2 Å². The second-order valence-electron chi connectivity index (χ2n) is 17.8. The van der Waals surface area contributed by atoms with Gasteiger partial charge in [0.15, 0.2) is 6.29 Å². The van der Waals surface area contributed by atoms with Crippen LogP contribution in [0.25, 0.3) is 0 Å². The van der Waals surface area contributed by atoms with Crippen LogP contribution >= 0.6 is 0 Å². The Balaban J connectivity index is 4.31. The Bertz CT molecular complexity index is 743. The fraction of sp³-hybridized carbons (Fsp3) is 0.980. The molecule has 55 heavy (non-hydrogen) atoms. The Labute approximate surface area is 347 Å². The maximum atomic E-state index is 13.2. The molecule has 3 atom stereocenters. The van der Waals surface area contributed by atoms with Gasteiger partial charge in [-0.1, -0.05) is 214 Å². The maximum absolute atomic E-state index is 13.2. The molecule has 4 heteroatoms. The minimum Gasteiger partial charge on any atom is -0.368 e. The molecule has 0 aromatic heterocycles. The van der Waals surface area contributed by atoms with E-state index in [-0.39, 0.29) is 0 Å². The Kier molecular flexibility index (Phi) is 44.3. The highest BCUT2D eigenvalue weighted by molar-refractivity contribution is 5.80. The van der Waals surface area contributed by atoms with E-state index in [4.69, 9.17) is 4.74 Å². The topological polar surface area (TPSA) is 49.8 Å². The van der Waals surface area contributed by atoms with Crippen LogP contribution in [0.5, 0.6) is 0 Å². The third kappa shape index (κ3) is 37.6. The predicted octanol–water partition coefficient (Wildman–Crippen LogP) is 16.3. The number of aliphatic hydroxyl groups is 1. The van der Waals surface area contributed by atoms with Gasteiger partial charge >= 0.3 is 0 Å². The number of ether oxygens (including phenoxy) is 1. The summed E-state index contributed by atoms with van der Waals surface area (Å²) in [6, 6.07) is 0. The van der Waals surface area contributed by atoms with Crippen LogP contribution in [-0.4, -0.2) is 48.3 Å². The van der Waals surface area contributed by atoms with Crippen molar-refractivity contribution < 1.29 is 14.6 Å². The van der Waals surface area contributed by atoms with Gasteiger partial charge in [-0.3, -0.25) is 4.79 Å². The van der Waals surface area contributed by atoms with E-state index in [1.807, 2.05) is 0 Å². The first kappa shape index (κ1) is 54.6. The van der Waals surface area contributed by atoms with Crippen LogP contribution in [0.4, 0.5) is 0 Å². The third-order valence-corrected chi connectivity index (χ3v) is 12.4. The van der Waals surface area contributed by atoms with E-state index in [0.717, 1.165) is 44.9 Å². The number of unbranched alkanes of at least 4 members (excludes halogenated alkanes) is 26. The normalized spacial score (nSPS) is 13.5. The quantitative estimate of drug-likeness (QED) is 0.0494. The van der Waals surface area contributed by atoms with Crippen LogP contribution < -0.4 is 0 Å². The van der Waals surface area contributed by atoms with Crippen LogP contribution in [0.15, 0.2) is 0 Å². The van der Waals surface area contributed by atoms with Gasteiger partial charge in [0.1, 0.15) is 5.78 Å². The summed E-state index contributed by atoms with van der Waals surface area (Å²) >= 11 is 0. The van der Waals surface area contributed by atoms with Crippen LogP contribution in [0.2, 0.25) is 0 Å². The van der Waals surface area contributed by atoms with Crippen LogP contribution in [0.3, 0.4) is 0 Å². The van der Waals surface area contributed by atoms with Crippen molar-refractivity contribution in [3.05, 3.63) is 0 Å². The van der Waals surface area contributed by atoms with Gasteiger partial charge in [-0.25, -0.2) is 0 Å². The Hall–Kier alpha value is -0.450. The van der Waals surface area contributed by atoms with Crippen LogP contribution in [0.1, 0.15) is 279 Å². The highest BCUT2D eigenvalue weighted by Gasteiger charge is 2.20. The summed E-state index contributed by atoms with van der Waals surface area (Å²) in [5.41, 5.74) is 0. The molecule has 0 aliphatic rings. The summed E-state index contributed by atoms with van der Waals surface area (Å²) in [4.78, 5) is 15.9. The van der Waals surface area contributed by atoms with Crippen molar-refractivity contribution in [2.75, 3.05) is 26.2 Å². The standard InChI is InChI=1S/C51H103NO3/c1-6-11-16-20-24-32-40-48(39-30-18-13-8-3)50(53)43-34-26-22-23-27-36-45-52(44-35-15-10-5)46-37-28-29-38-47-55-51(54)49(41-31-19-14-9-4)42-33-25-21-17-12-7-2/h48-49,51,54H,6-47H2,1-5H3. The average molecular weight is 778 g/mol. The highest BCUT2D eigenvalue weighted by Crippen LogP contribution is 2.24. The first-order valence-electron chi connectivity index (χ1n) is 25.6. The first-order chi connectivity index (χ1) is 27.0. The SMILES string of the molecule is CCCCCCCCC(CCCCCC)C(=O)CCCCCCCCN(CCCCC)CCCCCCOC(O)C(CCCCCC)CCCCCCCC. The molecule has 330 valence electrons. The number of hydrogen-bond acceptors (Lipinski definition) is 4. The molecule has 3 unspecified atom stereocenters. The molecule has 0 rings (SSSR count). The van der Waals surface area contributed by atoms with Gasteiger partial charge in [0.05, 0.1) is 0 Å². The maximum Gasteiger partial charge on any atom is 0.157 e. The van der Waals surface area contributed by atoms with Gasteiger partial charge < -0.3 is 14.7 Å². The molecular formula is C51H103NO3. The van der Waals surface area contributed by atoms with Crippen molar-refractivity contribution in [3.8, 4) is 0 Å². The second-order valence-corrected chi connectivity index (χ2v) is 17.8. The van der Waals surface area contributed by atoms with Crippen molar-refractivity contribution >= 4 is 5.78 Å². The van der Waals surface area contributed by atoms with Gasteiger partial charge in [0, 0.05) is 24.9 Å². The summed E-state index contributed by atoms with van der Waals surface area (Å²) in [5.74, 6) is 1.23. The van der Waals surface area contributed by atoms with E-state index < -0.39 is 6.29 Å². The Morgan fingerprint density at radius 1 is 0.418 bits per heavy atom. The monoisotopic (exact) mass is 778 g/mol. The molecule has 0 spiro atoms. The van der Waals surface area contributed by atoms with Gasteiger partial charge in [0.25, 0.3) is 0 Å². The fourth-order valence-electron chi connectivity index (χ4n) is 8.50. The lowest BCUT2D eigenvalue weighted by Crippen LogP contribution is -2.27. The molecule has 0 heterocycles. The zero-order valence-corrected chi connectivity index (χ0v) is 38.6. The van der Waals surface area contributed by atoms with E-state index in [1.165, 1.54) is 219 Å². The summed E-state index contributed by atoms with van der Waals surface area (Å²) in [6.07, 6.45) is 47.2. The van der Waals surface area contributed by atoms with E-state index in [9.17, 15) is 9.90 Å². The first-order valence-corrected chi connectivity index (χ1v) is 25.6. The van der Waals surface area contributed by atoms with Crippen molar-refractivity contribution in [1.29, 1.82) is 0 Å². The zero-order chi connectivity index (χ0) is 40.3. The minimum absolute atomic E-state index is 0.311. The minimum atomic E-state index is -0.578. The molecule has 0 saturated heterocycles. The van der Waals surface area contributed by atoms with Crippen LogP contribution in [-0.2, 0) is 9.53 Å². The number of aliphatic hydroxyl groups excluding tert-OH is 1. The lowest BCUT2D eigenvalue weighted by Gasteiger charge is -2.24. The summed E-state index contributed by atoms with van der Waals surface area (Å²) in [6.45, 7) is 15.8. The molecule has 0 aromatic rings. The van der Waals surface area contributed by atoms with Gasteiger partial charge in [-0.15, -0.1) is 0 Å². The van der Waals surface area contributed by atoms with Gasteiger partial charge in [-0.2, -0.15) is 0 Å². The molecule has 0 aromatic carbocycles. The fourth-order valence-corrected chi connectivity index (χ4v) is 8.50. The van der Waals surface area contributed by atoms with Crippen LogP contribution in [0, 0.1) is 11.8 Å². The molecule has 0 bridgehead atoms. The van der Waals surface area contributed by atoms with Gasteiger partial charge in [-0.05, 0) is 77.4 Å². The van der Waals surface area contributed by atoms with Crippen molar-refractivity contribution in [2.24, 2.45) is 11.8 Å². The molecule has 0 aliphatic carbocycles. The zero-order valence-electron chi connectivity index (χ0n) is 38.6. The summed E-state index contributed by atoms with van der Waals surface area (Å²) in [7, 11) is 0. The lowest BCUT2D eigenvalue weighted by atomic mass is 9.88. The number of carbonyl (C=O) groups excluding carboxylic acids is 1. The number of rotatable bonds is 47. The highest BCUT2D eigenvalue weighted by atomic mass is 16.6. The van der Waals surface area contributed by atoms with Crippen molar-refractivity contribution in [1.82, 2.24) is 4.90 Å². The Morgan fingerprint density at radius 3 is 1.22 bits per heavy atom. The molecule has 0 aliphatic heterocycles. The second kappa shape index (κ2) is 44.6. The molecule has 0 radical (unpaired) electrons. The molecule has 4 nitrogen and oxygen atoms in total. The smallest absolute Gasteiger partial charge is 0.157 e. The van der Waals surface area contributed by atoms with Gasteiger partial charge in [0.2, 0.25) is 0 Å². The summed E-state index contributed by atoms with van der Waals surface area (Å²) in [5, 5.41) is 10.9. The molecule has 0 fully saturated rings. The molecule has 0 saturated carbocycles. The predicted molar refractivity (Wildman–Crippen MR) is 244 cm³/mol. The molecule has 0 amide bonds. The Morgan fingerprint density at radius 2 is 0.745 bits per heavy atom. The lowest BCUT2D eigenvalue weighted by molar-refractivity contribution is -0.138. The average Bonchev–Trinajstić information content (AvgIpc) is 3.19. The third-order valence-electron chi connectivity index (χ3n) is 12.4. The number of Topliss-reactive ketones (excluding diaryl/α,β-unsaturated/α-hetero) is 1. The molecule has 1 N–H and O–H groups in total. The number of hydrogen-bond donors (Lipinski definition) is 1.